The maximum absolute atomic E-state index is 13.4. The fourth-order valence-corrected chi connectivity index (χ4v) is 1.92. The summed E-state index contributed by atoms with van der Waals surface area (Å²) in [6.45, 7) is 3.53. The molecule has 124 valence electrons. The third-order valence-corrected chi connectivity index (χ3v) is 3.13. The lowest BCUT2D eigenvalue weighted by molar-refractivity contribution is -0.140. The molecular weight excluding hydrogens is 311 g/mol. The minimum Gasteiger partial charge on any atom is -0.480 e. The van der Waals surface area contributed by atoms with Gasteiger partial charge in [0.05, 0.1) is 6.04 Å². The zero-order valence-corrected chi connectivity index (χ0v) is 13.5. The van der Waals surface area contributed by atoms with Crippen LogP contribution >= 0.6 is 12.4 Å². The average molecular weight is 333 g/mol. The summed E-state index contributed by atoms with van der Waals surface area (Å²) < 4.78 is 13.4. The van der Waals surface area contributed by atoms with Crippen molar-refractivity contribution in [2.45, 2.75) is 45.3 Å². The third kappa shape index (κ3) is 6.41. The van der Waals surface area contributed by atoms with Gasteiger partial charge in [-0.15, -0.1) is 12.4 Å². The highest BCUT2D eigenvalue weighted by atomic mass is 35.5. The van der Waals surface area contributed by atoms with Gasteiger partial charge in [-0.3, -0.25) is 14.9 Å². The van der Waals surface area contributed by atoms with Crippen molar-refractivity contribution in [3.05, 3.63) is 35.6 Å². The Morgan fingerprint density at radius 3 is 2.50 bits per heavy atom. The van der Waals surface area contributed by atoms with E-state index in [1.54, 1.807) is 25.1 Å². The second kappa shape index (κ2) is 10.1. The molecule has 22 heavy (non-hydrogen) atoms. The number of carboxylic acids is 1. The van der Waals surface area contributed by atoms with E-state index in [4.69, 9.17) is 5.11 Å². The van der Waals surface area contributed by atoms with E-state index in [0.717, 1.165) is 0 Å². The molecule has 0 radical (unpaired) electrons. The van der Waals surface area contributed by atoms with Crippen molar-refractivity contribution in [2.75, 3.05) is 0 Å². The molecule has 0 saturated heterocycles. The van der Waals surface area contributed by atoms with Crippen molar-refractivity contribution < 1.29 is 19.1 Å². The number of carbonyl (C=O) groups is 2. The van der Waals surface area contributed by atoms with Crippen molar-refractivity contribution in [1.82, 2.24) is 10.6 Å². The lowest BCUT2D eigenvalue weighted by Gasteiger charge is -2.19. The lowest BCUT2D eigenvalue weighted by atomic mass is 10.1. The van der Waals surface area contributed by atoms with Crippen molar-refractivity contribution in [2.24, 2.45) is 0 Å². The maximum Gasteiger partial charge on any atom is 0.320 e. The molecule has 0 fully saturated rings. The number of hydrogen-bond acceptors (Lipinski definition) is 3. The first-order chi connectivity index (χ1) is 9.95. The van der Waals surface area contributed by atoms with Crippen LogP contribution < -0.4 is 10.6 Å². The third-order valence-electron chi connectivity index (χ3n) is 3.13. The minimum atomic E-state index is -0.981. The van der Waals surface area contributed by atoms with Crippen LogP contribution in [0.1, 0.15) is 32.3 Å². The van der Waals surface area contributed by atoms with Crippen molar-refractivity contribution in [3.8, 4) is 0 Å². The molecule has 0 aromatic heterocycles. The summed E-state index contributed by atoms with van der Waals surface area (Å²) in [5, 5.41) is 14.4. The highest BCUT2D eigenvalue weighted by molar-refractivity contribution is 5.85. The first kappa shape index (κ1) is 20.3. The molecule has 2 unspecified atom stereocenters. The first-order valence-corrected chi connectivity index (χ1v) is 6.95. The number of carbonyl (C=O) groups excluding carboxylic acids is 1. The van der Waals surface area contributed by atoms with Crippen LogP contribution in [0.2, 0.25) is 0 Å². The second-order valence-corrected chi connectivity index (χ2v) is 4.88. The molecule has 1 aromatic carbocycles. The average Bonchev–Trinajstić information content (AvgIpc) is 2.45. The monoisotopic (exact) mass is 332 g/mol. The molecule has 0 spiro atoms. The fraction of sp³-hybridized carbons (Fsp3) is 0.467. The van der Waals surface area contributed by atoms with E-state index in [1.807, 2.05) is 6.92 Å². The Morgan fingerprint density at radius 2 is 1.95 bits per heavy atom. The van der Waals surface area contributed by atoms with Crippen LogP contribution in [0.15, 0.2) is 24.3 Å². The smallest absolute Gasteiger partial charge is 0.320 e. The van der Waals surface area contributed by atoms with Gasteiger partial charge in [-0.25, -0.2) is 4.39 Å². The van der Waals surface area contributed by atoms with Gasteiger partial charge >= 0.3 is 5.97 Å². The van der Waals surface area contributed by atoms with Crippen molar-refractivity contribution in [3.63, 3.8) is 0 Å². The van der Waals surface area contributed by atoms with Crippen LogP contribution in [0, 0.1) is 5.82 Å². The Kier molecular flexibility index (Phi) is 9.37. The maximum atomic E-state index is 13.4. The van der Waals surface area contributed by atoms with E-state index in [0.29, 0.717) is 18.4 Å². The van der Waals surface area contributed by atoms with Crippen LogP contribution in [0.25, 0.3) is 0 Å². The van der Waals surface area contributed by atoms with Crippen LogP contribution in [0.4, 0.5) is 4.39 Å². The SMILES string of the molecule is CCCC(NC(C)C(=O)NCc1ccccc1F)C(=O)O.Cl. The van der Waals surface area contributed by atoms with E-state index in [1.165, 1.54) is 6.07 Å². The Morgan fingerprint density at radius 1 is 1.32 bits per heavy atom. The summed E-state index contributed by atoms with van der Waals surface area (Å²) in [5.41, 5.74) is 0.390. The molecule has 1 amide bonds. The Hall–Kier alpha value is -1.66. The Bertz CT molecular complexity index is 499. The number of amides is 1. The molecule has 2 atom stereocenters. The number of nitrogens with one attached hydrogen (secondary N) is 2. The van der Waals surface area contributed by atoms with Gasteiger partial charge in [-0.1, -0.05) is 31.5 Å². The number of hydrogen-bond donors (Lipinski definition) is 3. The summed E-state index contributed by atoms with van der Waals surface area (Å²) in [6, 6.07) is 4.75. The Labute approximate surface area is 135 Å². The molecule has 1 rings (SSSR count). The summed E-state index contributed by atoms with van der Waals surface area (Å²) in [5.74, 6) is -1.72. The molecular formula is C15H22ClFN2O3. The molecule has 0 saturated carbocycles. The van der Waals surface area contributed by atoms with Gasteiger partial charge in [0.25, 0.3) is 0 Å². The van der Waals surface area contributed by atoms with Gasteiger partial charge in [0.2, 0.25) is 5.91 Å². The summed E-state index contributed by atoms with van der Waals surface area (Å²) in [6.07, 6.45) is 1.15. The van der Waals surface area contributed by atoms with E-state index >= 15 is 0 Å². The zero-order valence-electron chi connectivity index (χ0n) is 12.6. The van der Waals surface area contributed by atoms with Crippen LogP contribution in [0.3, 0.4) is 0 Å². The molecule has 0 bridgehead atoms. The Balaban J connectivity index is 0.00000441. The molecule has 0 aliphatic rings. The number of aliphatic carboxylic acids is 1. The quantitative estimate of drug-likeness (QED) is 0.681. The highest BCUT2D eigenvalue weighted by Crippen LogP contribution is 2.05. The number of halogens is 2. The lowest BCUT2D eigenvalue weighted by Crippen LogP contribution is -2.49. The summed E-state index contributed by atoms with van der Waals surface area (Å²) >= 11 is 0. The summed E-state index contributed by atoms with van der Waals surface area (Å²) in [4.78, 5) is 22.9. The molecule has 0 aliphatic carbocycles. The second-order valence-electron chi connectivity index (χ2n) is 4.88. The van der Waals surface area contributed by atoms with Crippen LogP contribution in [0.5, 0.6) is 0 Å². The highest BCUT2D eigenvalue weighted by Gasteiger charge is 2.22. The van der Waals surface area contributed by atoms with E-state index < -0.39 is 18.1 Å². The normalized spacial score (nSPS) is 12.9. The van der Waals surface area contributed by atoms with Crippen molar-refractivity contribution >= 4 is 24.3 Å². The predicted octanol–water partition coefficient (Wildman–Crippen LogP) is 2.10. The van der Waals surface area contributed by atoms with Gasteiger partial charge in [0.1, 0.15) is 11.9 Å². The molecule has 1 aromatic rings. The molecule has 7 heteroatoms. The predicted molar refractivity (Wildman–Crippen MR) is 84.4 cm³/mol. The van der Waals surface area contributed by atoms with Gasteiger partial charge in [-0.2, -0.15) is 0 Å². The van der Waals surface area contributed by atoms with E-state index in [2.05, 4.69) is 10.6 Å². The molecule has 0 heterocycles. The van der Waals surface area contributed by atoms with Crippen LogP contribution in [-0.4, -0.2) is 29.1 Å². The van der Waals surface area contributed by atoms with Crippen molar-refractivity contribution in [1.29, 1.82) is 0 Å². The molecule has 0 aliphatic heterocycles. The molecule has 5 nitrogen and oxygen atoms in total. The fourth-order valence-electron chi connectivity index (χ4n) is 1.92. The number of carboxylic acid groups (broad SMARTS) is 1. The van der Waals surface area contributed by atoms with Gasteiger partial charge in [-0.05, 0) is 19.4 Å². The van der Waals surface area contributed by atoms with Gasteiger partial charge < -0.3 is 10.4 Å². The first-order valence-electron chi connectivity index (χ1n) is 6.95. The zero-order chi connectivity index (χ0) is 15.8. The van der Waals surface area contributed by atoms with Crippen LogP contribution in [-0.2, 0) is 16.1 Å². The van der Waals surface area contributed by atoms with Gasteiger partial charge in [0.15, 0.2) is 0 Å². The number of benzene rings is 1. The largest absolute Gasteiger partial charge is 0.480 e. The minimum absolute atomic E-state index is 0. The van der Waals surface area contributed by atoms with E-state index in [-0.39, 0.29) is 30.7 Å². The topological polar surface area (TPSA) is 78.4 Å². The number of rotatable bonds is 8. The van der Waals surface area contributed by atoms with Gasteiger partial charge in [0, 0.05) is 12.1 Å². The summed E-state index contributed by atoms with van der Waals surface area (Å²) in [7, 11) is 0. The molecule has 3 N–H and O–H groups in total. The van der Waals surface area contributed by atoms with E-state index in [9.17, 15) is 14.0 Å². The standard InChI is InChI=1S/C15H21FN2O3.ClH/c1-3-6-13(15(20)21)18-10(2)14(19)17-9-11-7-4-5-8-12(11)16;/h4-5,7-8,10,13,18H,3,6,9H2,1-2H3,(H,17,19)(H,20,21);1H.